The summed E-state index contributed by atoms with van der Waals surface area (Å²) in [6.45, 7) is 3.75. The highest BCUT2D eigenvalue weighted by atomic mass is 16.4. The molecule has 1 aromatic carbocycles. The number of carboxylic acids is 1. The minimum atomic E-state index is -0.803. The molecule has 1 N–H and O–H groups in total. The van der Waals surface area contributed by atoms with Crippen molar-refractivity contribution >= 4 is 17.0 Å². The van der Waals surface area contributed by atoms with Crippen LogP contribution in [0.3, 0.4) is 0 Å². The van der Waals surface area contributed by atoms with E-state index in [1.54, 1.807) is 6.92 Å². The smallest absolute Gasteiger partial charge is 0.310 e. The number of nitrogens with zero attached hydrogens (tertiary/aromatic N) is 2. The van der Waals surface area contributed by atoms with Gasteiger partial charge in [0.1, 0.15) is 5.82 Å². The summed E-state index contributed by atoms with van der Waals surface area (Å²) in [7, 11) is 1.96. The van der Waals surface area contributed by atoms with Crippen LogP contribution in [-0.2, 0) is 18.3 Å². The van der Waals surface area contributed by atoms with Crippen molar-refractivity contribution in [1.82, 2.24) is 9.55 Å². The lowest BCUT2D eigenvalue weighted by atomic mass is 10.0. The minimum Gasteiger partial charge on any atom is -0.481 e. The number of imidazole rings is 1. The van der Waals surface area contributed by atoms with Crippen LogP contribution in [0.5, 0.6) is 0 Å². The van der Waals surface area contributed by atoms with Crippen LogP contribution in [-0.4, -0.2) is 20.6 Å². The average Bonchev–Trinajstić information content (AvgIpc) is 2.64. The van der Waals surface area contributed by atoms with Crippen molar-refractivity contribution < 1.29 is 9.90 Å². The molecule has 0 amide bonds. The molecule has 0 bridgehead atoms. The van der Waals surface area contributed by atoms with Crippen molar-refractivity contribution in [2.24, 2.45) is 7.05 Å². The summed E-state index contributed by atoms with van der Waals surface area (Å²) in [4.78, 5) is 15.5. The van der Waals surface area contributed by atoms with E-state index in [0.717, 1.165) is 28.8 Å². The van der Waals surface area contributed by atoms with Crippen molar-refractivity contribution in [2.45, 2.75) is 26.2 Å². The van der Waals surface area contributed by atoms with Crippen LogP contribution in [0.1, 0.15) is 31.2 Å². The number of aryl methyl sites for hydroxylation is 2. The molecule has 0 fully saturated rings. The molecule has 0 aliphatic heterocycles. The number of hydrogen-bond donors (Lipinski definition) is 1. The van der Waals surface area contributed by atoms with E-state index in [9.17, 15) is 4.79 Å². The standard InChI is InChI=1S/C13H16N2O2/c1-4-12-14-10-6-5-9(8(2)13(16)17)7-11(10)15(12)3/h5-8H,4H2,1-3H3,(H,16,17). The van der Waals surface area contributed by atoms with E-state index >= 15 is 0 Å². The molecule has 0 aliphatic rings. The summed E-state index contributed by atoms with van der Waals surface area (Å²) >= 11 is 0. The first-order valence-corrected chi connectivity index (χ1v) is 5.72. The molecule has 90 valence electrons. The van der Waals surface area contributed by atoms with Gasteiger partial charge >= 0.3 is 5.97 Å². The Morgan fingerprint density at radius 3 is 2.82 bits per heavy atom. The van der Waals surface area contributed by atoms with E-state index < -0.39 is 11.9 Å². The first-order valence-electron chi connectivity index (χ1n) is 5.72. The van der Waals surface area contributed by atoms with Gasteiger partial charge in [0.15, 0.2) is 0 Å². The first kappa shape index (κ1) is 11.6. The summed E-state index contributed by atoms with van der Waals surface area (Å²) in [6, 6.07) is 5.65. The fraction of sp³-hybridized carbons (Fsp3) is 0.385. The normalized spacial score (nSPS) is 12.9. The van der Waals surface area contributed by atoms with Gasteiger partial charge in [-0.3, -0.25) is 4.79 Å². The minimum absolute atomic E-state index is 0.487. The van der Waals surface area contributed by atoms with Crippen molar-refractivity contribution in [3.05, 3.63) is 29.6 Å². The Morgan fingerprint density at radius 1 is 1.53 bits per heavy atom. The molecule has 2 rings (SSSR count). The highest BCUT2D eigenvalue weighted by Crippen LogP contribution is 2.22. The fourth-order valence-electron chi connectivity index (χ4n) is 1.98. The molecule has 1 unspecified atom stereocenters. The predicted octanol–water partition coefficient (Wildman–Crippen LogP) is 2.32. The fourth-order valence-corrected chi connectivity index (χ4v) is 1.98. The summed E-state index contributed by atoms with van der Waals surface area (Å²) < 4.78 is 2.02. The van der Waals surface area contributed by atoms with Crippen LogP contribution in [0.25, 0.3) is 11.0 Å². The number of rotatable bonds is 3. The molecular formula is C13H16N2O2. The number of aliphatic carboxylic acids is 1. The van der Waals surface area contributed by atoms with E-state index in [-0.39, 0.29) is 0 Å². The van der Waals surface area contributed by atoms with Crippen molar-refractivity contribution in [3.8, 4) is 0 Å². The third-order valence-corrected chi connectivity index (χ3v) is 3.18. The highest BCUT2D eigenvalue weighted by molar-refractivity contribution is 5.81. The molecule has 1 aromatic heterocycles. The van der Waals surface area contributed by atoms with Gasteiger partial charge in [0.05, 0.1) is 17.0 Å². The molecule has 17 heavy (non-hydrogen) atoms. The lowest BCUT2D eigenvalue weighted by molar-refractivity contribution is -0.138. The quantitative estimate of drug-likeness (QED) is 0.883. The van der Waals surface area contributed by atoms with Crippen LogP contribution in [0.2, 0.25) is 0 Å². The molecule has 4 nitrogen and oxygen atoms in total. The van der Waals surface area contributed by atoms with Gasteiger partial charge in [-0.1, -0.05) is 13.0 Å². The van der Waals surface area contributed by atoms with E-state index in [2.05, 4.69) is 11.9 Å². The molecule has 1 atom stereocenters. The second-order valence-electron chi connectivity index (χ2n) is 4.25. The van der Waals surface area contributed by atoms with E-state index in [1.807, 2.05) is 29.8 Å². The Balaban J connectivity index is 2.57. The topological polar surface area (TPSA) is 55.1 Å². The van der Waals surface area contributed by atoms with Gasteiger partial charge in [0.25, 0.3) is 0 Å². The van der Waals surface area contributed by atoms with E-state index in [0.29, 0.717) is 0 Å². The molecule has 0 aliphatic carbocycles. The highest BCUT2D eigenvalue weighted by Gasteiger charge is 2.15. The van der Waals surface area contributed by atoms with Gasteiger partial charge in [0.2, 0.25) is 0 Å². The molecular weight excluding hydrogens is 216 g/mol. The van der Waals surface area contributed by atoms with Gasteiger partial charge in [-0.05, 0) is 24.6 Å². The third-order valence-electron chi connectivity index (χ3n) is 3.18. The summed E-state index contributed by atoms with van der Waals surface area (Å²) in [6.07, 6.45) is 0.870. The lowest BCUT2D eigenvalue weighted by Gasteiger charge is -2.06. The van der Waals surface area contributed by atoms with Gasteiger partial charge < -0.3 is 9.67 Å². The average molecular weight is 232 g/mol. The Kier molecular flexibility index (Phi) is 2.88. The molecule has 2 aromatic rings. The molecule has 4 heteroatoms. The Hall–Kier alpha value is -1.84. The number of aromatic nitrogens is 2. The van der Waals surface area contributed by atoms with Crippen molar-refractivity contribution in [2.75, 3.05) is 0 Å². The summed E-state index contributed by atoms with van der Waals surface area (Å²) in [5, 5.41) is 9.01. The van der Waals surface area contributed by atoms with Crippen LogP contribution in [0.4, 0.5) is 0 Å². The predicted molar refractivity (Wildman–Crippen MR) is 66.1 cm³/mol. The molecule has 0 spiro atoms. The van der Waals surface area contributed by atoms with Crippen molar-refractivity contribution in [3.63, 3.8) is 0 Å². The van der Waals surface area contributed by atoms with E-state index in [1.165, 1.54) is 0 Å². The van der Waals surface area contributed by atoms with Gasteiger partial charge in [0, 0.05) is 13.5 Å². The van der Waals surface area contributed by atoms with Gasteiger partial charge in [-0.2, -0.15) is 0 Å². The largest absolute Gasteiger partial charge is 0.481 e. The zero-order valence-electron chi connectivity index (χ0n) is 10.3. The second-order valence-corrected chi connectivity index (χ2v) is 4.25. The molecule has 1 heterocycles. The van der Waals surface area contributed by atoms with Crippen LogP contribution >= 0.6 is 0 Å². The Bertz CT molecular complexity index is 572. The Morgan fingerprint density at radius 2 is 2.24 bits per heavy atom. The van der Waals surface area contributed by atoms with Crippen LogP contribution in [0, 0.1) is 0 Å². The SMILES string of the molecule is CCc1nc2ccc(C(C)C(=O)O)cc2n1C. The van der Waals surface area contributed by atoms with Crippen LogP contribution < -0.4 is 0 Å². The number of benzene rings is 1. The zero-order chi connectivity index (χ0) is 12.6. The molecule has 0 radical (unpaired) electrons. The monoisotopic (exact) mass is 232 g/mol. The summed E-state index contributed by atoms with van der Waals surface area (Å²) in [5.41, 5.74) is 2.73. The number of carbonyl (C=O) groups is 1. The van der Waals surface area contributed by atoms with Gasteiger partial charge in [-0.15, -0.1) is 0 Å². The first-order chi connectivity index (χ1) is 8.04. The zero-order valence-corrected chi connectivity index (χ0v) is 10.3. The number of hydrogen-bond acceptors (Lipinski definition) is 2. The third kappa shape index (κ3) is 1.90. The second kappa shape index (κ2) is 4.20. The van der Waals surface area contributed by atoms with Crippen LogP contribution in [0.15, 0.2) is 18.2 Å². The number of carboxylic acid groups (broad SMARTS) is 1. The summed E-state index contributed by atoms with van der Waals surface area (Å²) in [5.74, 6) is -0.276. The van der Waals surface area contributed by atoms with E-state index in [4.69, 9.17) is 5.11 Å². The number of fused-ring (bicyclic) bond motifs is 1. The maximum atomic E-state index is 11.0. The Labute approximate surface area is 99.9 Å². The van der Waals surface area contributed by atoms with Gasteiger partial charge in [-0.25, -0.2) is 4.98 Å². The lowest BCUT2D eigenvalue weighted by Crippen LogP contribution is -2.07. The molecule has 0 saturated heterocycles. The van der Waals surface area contributed by atoms with Crippen molar-refractivity contribution in [1.29, 1.82) is 0 Å². The molecule has 0 saturated carbocycles. The maximum Gasteiger partial charge on any atom is 0.310 e. The maximum absolute atomic E-state index is 11.0.